The Bertz CT molecular complexity index is 633. The van der Waals surface area contributed by atoms with Crippen LogP contribution in [-0.4, -0.2) is 24.7 Å². The lowest BCUT2D eigenvalue weighted by Gasteiger charge is -2.05. The molecule has 0 amide bonds. The Balaban J connectivity index is 1.96. The third-order valence-electron chi connectivity index (χ3n) is 2.22. The molecule has 0 unspecified atom stereocenters. The molecule has 0 aliphatic rings. The zero-order valence-electron chi connectivity index (χ0n) is 9.63. The molecule has 0 aromatic carbocycles. The second-order valence-electron chi connectivity index (χ2n) is 3.73. The summed E-state index contributed by atoms with van der Waals surface area (Å²) in [5.41, 5.74) is 1.05. The van der Waals surface area contributed by atoms with Crippen LogP contribution in [0.3, 0.4) is 0 Å². The smallest absolute Gasteiger partial charge is 0.251 e. The Morgan fingerprint density at radius 2 is 2.33 bits per heavy atom. The molecular weight excluding hydrogens is 338 g/mol. The van der Waals surface area contributed by atoms with Crippen molar-refractivity contribution in [3.05, 3.63) is 33.9 Å². The predicted molar refractivity (Wildman–Crippen MR) is 74.2 cm³/mol. The predicted octanol–water partition coefficient (Wildman–Crippen LogP) is 1.99. The number of nitrogens with zero attached hydrogens (tertiary/aromatic N) is 2. The SMILES string of the molecule is Cc1cnn(CCNS(=O)(=O)c2sccc2Br)c1. The first-order valence-corrected chi connectivity index (χ1v) is 8.36. The van der Waals surface area contributed by atoms with Gasteiger partial charge in [-0.2, -0.15) is 5.10 Å². The van der Waals surface area contributed by atoms with Gasteiger partial charge in [0.05, 0.1) is 12.7 Å². The summed E-state index contributed by atoms with van der Waals surface area (Å²) in [5, 5.41) is 5.82. The van der Waals surface area contributed by atoms with Crippen LogP contribution in [0.2, 0.25) is 0 Å². The topological polar surface area (TPSA) is 64.0 Å². The van der Waals surface area contributed by atoms with E-state index in [-0.39, 0.29) is 0 Å². The van der Waals surface area contributed by atoms with Crippen molar-refractivity contribution in [1.82, 2.24) is 14.5 Å². The average Bonchev–Trinajstić information content (AvgIpc) is 2.87. The zero-order chi connectivity index (χ0) is 13.2. The summed E-state index contributed by atoms with van der Waals surface area (Å²) in [6, 6.07) is 1.72. The highest BCUT2D eigenvalue weighted by Crippen LogP contribution is 2.27. The number of rotatable bonds is 5. The number of hydrogen-bond donors (Lipinski definition) is 1. The first kappa shape index (κ1) is 13.7. The number of thiophene rings is 1. The van der Waals surface area contributed by atoms with Gasteiger partial charge in [0.15, 0.2) is 0 Å². The van der Waals surface area contributed by atoms with E-state index in [9.17, 15) is 8.42 Å². The Morgan fingerprint density at radius 1 is 1.56 bits per heavy atom. The highest BCUT2D eigenvalue weighted by Gasteiger charge is 2.18. The lowest BCUT2D eigenvalue weighted by molar-refractivity contribution is 0.562. The minimum atomic E-state index is -3.43. The van der Waals surface area contributed by atoms with Gasteiger partial charge in [-0.3, -0.25) is 4.68 Å². The molecule has 1 N–H and O–H groups in total. The second kappa shape index (κ2) is 5.52. The summed E-state index contributed by atoms with van der Waals surface area (Å²) in [6.45, 7) is 2.76. The van der Waals surface area contributed by atoms with Crippen LogP contribution in [0.1, 0.15) is 5.56 Å². The minimum absolute atomic E-state index is 0.305. The molecule has 0 saturated heterocycles. The monoisotopic (exact) mass is 349 g/mol. The van der Waals surface area contributed by atoms with E-state index in [4.69, 9.17) is 0 Å². The van der Waals surface area contributed by atoms with Crippen molar-refractivity contribution in [3.63, 3.8) is 0 Å². The highest BCUT2D eigenvalue weighted by atomic mass is 79.9. The largest absolute Gasteiger partial charge is 0.271 e. The molecule has 2 aromatic heterocycles. The number of halogens is 1. The van der Waals surface area contributed by atoms with Gasteiger partial charge in [0.25, 0.3) is 10.0 Å². The summed E-state index contributed by atoms with van der Waals surface area (Å²) in [7, 11) is -3.43. The van der Waals surface area contributed by atoms with Gasteiger partial charge in [0.2, 0.25) is 0 Å². The van der Waals surface area contributed by atoms with Crippen LogP contribution >= 0.6 is 27.3 Å². The molecule has 0 aliphatic carbocycles. The number of aromatic nitrogens is 2. The van der Waals surface area contributed by atoms with Gasteiger partial charge in [0, 0.05) is 17.2 Å². The Morgan fingerprint density at radius 3 is 2.89 bits per heavy atom. The molecule has 0 aliphatic heterocycles. The van der Waals surface area contributed by atoms with E-state index in [1.165, 1.54) is 11.3 Å². The van der Waals surface area contributed by atoms with Crippen molar-refractivity contribution in [2.45, 2.75) is 17.7 Å². The van der Waals surface area contributed by atoms with Gasteiger partial charge in [0.1, 0.15) is 4.21 Å². The third-order valence-corrected chi connectivity index (χ3v) is 6.35. The van der Waals surface area contributed by atoms with E-state index in [0.717, 1.165) is 5.56 Å². The van der Waals surface area contributed by atoms with Gasteiger partial charge in [-0.1, -0.05) is 0 Å². The van der Waals surface area contributed by atoms with E-state index < -0.39 is 10.0 Å². The van der Waals surface area contributed by atoms with Crippen molar-refractivity contribution in [2.75, 3.05) is 6.54 Å². The highest BCUT2D eigenvalue weighted by molar-refractivity contribution is 9.10. The van der Waals surface area contributed by atoms with Crippen LogP contribution in [0.15, 0.2) is 32.5 Å². The number of hydrogen-bond acceptors (Lipinski definition) is 4. The van der Waals surface area contributed by atoms with Crippen LogP contribution in [0, 0.1) is 6.92 Å². The fourth-order valence-electron chi connectivity index (χ4n) is 1.42. The lowest BCUT2D eigenvalue weighted by atomic mass is 10.4. The van der Waals surface area contributed by atoms with Crippen molar-refractivity contribution in [3.8, 4) is 0 Å². The van der Waals surface area contributed by atoms with Gasteiger partial charge in [-0.05, 0) is 39.9 Å². The van der Waals surface area contributed by atoms with Crippen LogP contribution in [0.4, 0.5) is 0 Å². The normalized spacial score (nSPS) is 11.9. The third kappa shape index (κ3) is 3.19. The fraction of sp³-hybridized carbons (Fsp3) is 0.300. The minimum Gasteiger partial charge on any atom is -0.271 e. The van der Waals surface area contributed by atoms with E-state index in [1.54, 1.807) is 22.3 Å². The molecule has 2 heterocycles. The van der Waals surface area contributed by atoms with Gasteiger partial charge in [-0.15, -0.1) is 11.3 Å². The Hall–Kier alpha value is -0.700. The summed E-state index contributed by atoms with van der Waals surface area (Å²) >= 11 is 4.40. The van der Waals surface area contributed by atoms with Crippen LogP contribution in [0.5, 0.6) is 0 Å². The molecule has 8 heteroatoms. The lowest BCUT2D eigenvalue weighted by Crippen LogP contribution is -2.27. The fourth-order valence-corrected chi connectivity index (χ4v) is 4.82. The molecule has 0 saturated carbocycles. The molecule has 2 aromatic rings. The summed E-state index contributed by atoms with van der Waals surface area (Å²) in [4.78, 5) is 0. The van der Waals surface area contributed by atoms with Crippen molar-refractivity contribution in [1.29, 1.82) is 0 Å². The summed E-state index contributed by atoms with van der Waals surface area (Å²) < 4.78 is 29.1. The molecule has 5 nitrogen and oxygen atoms in total. The first-order valence-electron chi connectivity index (χ1n) is 5.21. The number of sulfonamides is 1. The van der Waals surface area contributed by atoms with Gasteiger partial charge < -0.3 is 0 Å². The summed E-state index contributed by atoms with van der Waals surface area (Å²) in [6.07, 6.45) is 3.61. The van der Waals surface area contributed by atoms with Crippen LogP contribution in [0.25, 0.3) is 0 Å². The molecule has 0 fully saturated rings. The Kier molecular flexibility index (Phi) is 4.21. The maximum absolute atomic E-state index is 11.9. The molecule has 0 bridgehead atoms. The van der Waals surface area contributed by atoms with Crippen LogP contribution < -0.4 is 4.72 Å². The maximum atomic E-state index is 11.9. The number of nitrogens with one attached hydrogen (secondary N) is 1. The van der Waals surface area contributed by atoms with Crippen molar-refractivity contribution < 1.29 is 8.42 Å². The zero-order valence-corrected chi connectivity index (χ0v) is 12.8. The van der Waals surface area contributed by atoms with Gasteiger partial charge >= 0.3 is 0 Å². The molecule has 0 radical (unpaired) electrons. The van der Waals surface area contributed by atoms with E-state index in [0.29, 0.717) is 21.8 Å². The summed E-state index contributed by atoms with van der Waals surface area (Å²) in [5.74, 6) is 0. The van der Waals surface area contributed by atoms with E-state index >= 15 is 0 Å². The van der Waals surface area contributed by atoms with E-state index in [1.807, 2.05) is 13.1 Å². The van der Waals surface area contributed by atoms with Gasteiger partial charge in [-0.25, -0.2) is 13.1 Å². The molecule has 2 rings (SSSR count). The van der Waals surface area contributed by atoms with Crippen molar-refractivity contribution >= 4 is 37.3 Å². The molecule has 18 heavy (non-hydrogen) atoms. The molecular formula is C10H12BrN3O2S2. The second-order valence-corrected chi connectivity index (χ2v) is 7.47. The number of aryl methyl sites for hydroxylation is 1. The molecule has 0 atom stereocenters. The first-order chi connectivity index (χ1) is 8.49. The van der Waals surface area contributed by atoms with E-state index in [2.05, 4.69) is 25.8 Å². The average molecular weight is 350 g/mol. The quantitative estimate of drug-likeness (QED) is 0.897. The standard InChI is InChI=1S/C10H12BrN3O2S2/c1-8-6-12-14(7-8)4-3-13-18(15,16)10-9(11)2-5-17-10/h2,5-7,13H,3-4H2,1H3. The Labute approximate surface area is 118 Å². The van der Waals surface area contributed by atoms with Crippen LogP contribution in [-0.2, 0) is 16.6 Å². The van der Waals surface area contributed by atoms with Crippen molar-refractivity contribution in [2.24, 2.45) is 0 Å². The maximum Gasteiger partial charge on any atom is 0.251 e. The molecule has 98 valence electrons. The molecule has 0 spiro atoms.